The number of urea groups is 1. The first-order chi connectivity index (χ1) is 20.5. The van der Waals surface area contributed by atoms with Gasteiger partial charge in [0.1, 0.15) is 6.04 Å². The van der Waals surface area contributed by atoms with E-state index in [9.17, 15) is 14.4 Å². The van der Waals surface area contributed by atoms with Gasteiger partial charge in [-0.25, -0.2) is 4.79 Å². The summed E-state index contributed by atoms with van der Waals surface area (Å²) in [6, 6.07) is 33.9. The monoisotopic (exact) mass is 558 g/mol. The van der Waals surface area contributed by atoms with E-state index in [1.54, 1.807) is 4.90 Å². The van der Waals surface area contributed by atoms with Crippen molar-refractivity contribution in [2.24, 2.45) is 0 Å². The van der Waals surface area contributed by atoms with Gasteiger partial charge in [0.25, 0.3) is 0 Å². The molecule has 0 aromatic heterocycles. The maximum atomic E-state index is 13.0. The Morgan fingerprint density at radius 3 is 1.83 bits per heavy atom. The summed E-state index contributed by atoms with van der Waals surface area (Å²) >= 11 is 0. The van der Waals surface area contributed by atoms with Crippen molar-refractivity contribution in [1.82, 2.24) is 10.2 Å². The van der Waals surface area contributed by atoms with Crippen molar-refractivity contribution in [2.75, 3.05) is 17.2 Å². The molecule has 0 saturated carbocycles. The first kappa shape index (κ1) is 28.4. The molecule has 1 aliphatic rings. The van der Waals surface area contributed by atoms with Crippen molar-refractivity contribution in [3.63, 3.8) is 0 Å². The minimum Gasteiger partial charge on any atom is -0.334 e. The van der Waals surface area contributed by atoms with E-state index in [0.29, 0.717) is 37.3 Å². The molecule has 0 radical (unpaired) electrons. The maximum absolute atomic E-state index is 13.0. The minimum atomic E-state index is -0.451. The van der Waals surface area contributed by atoms with E-state index in [0.717, 1.165) is 28.7 Å². The van der Waals surface area contributed by atoms with Gasteiger partial charge < -0.3 is 20.9 Å². The number of rotatable bonds is 9. The molecule has 5 rings (SSSR count). The Morgan fingerprint density at radius 1 is 0.690 bits per heavy atom. The number of hydrogen-bond acceptors (Lipinski definition) is 3. The highest BCUT2D eigenvalue weighted by atomic mass is 16.2. The molecule has 1 heterocycles. The van der Waals surface area contributed by atoms with Gasteiger partial charge in [-0.2, -0.15) is 0 Å². The zero-order chi connectivity index (χ0) is 29.1. The fourth-order valence-corrected chi connectivity index (χ4v) is 4.94. The zero-order valence-electron chi connectivity index (χ0n) is 23.3. The predicted molar refractivity (Wildman–Crippen MR) is 168 cm³/mol. The van der Waals surface area contributed by atoms with Crippen LogP contribution < -0.4 is 16.0 Å². The van der Waals surface area contributed by atoms with Gasteiger partial charge in [0.15, 0.2) is 0 Å². The van der Waals surface area contributed by atoms with Gasteiger partial charge in [-0.15, -0.1) is 0 Å². The largest absolute Gasteiger partial charge is 0.334 e. The van der Waals surface area contributed by atoms with Crippen LogP contribution in [0.4, 0.5) is 16.2 Å². The van der Waals surface area contributed by atoms with Crippen LogP contribution in [0.3, 0.4) is 0 Å². The van der Waals surface area contributed by atoms with E-state index < -0.39 is 6.04 Å². The quantitative estimate of drug-likeness (QED) is 0.209. The molecule has 4 aromatic carbocycles. The van der Waals surface area contributed by atoms with Crippen molar-refractivity contribution < 1.29 is 14.4 Å². The third-order valence-corrected chi connectivity index (χ3v) is 7.18. The Morgan fingerprint density at radius 2 is 1.24 bits per heavy atom. The van der Waals surface area contributed by atoms with Crippen LogP contribution in [-0.4, -0.2) is 35.3 Å². The van der Waals surface area contributed by atoms with Gasteiger partial charge in [-0.3, -0.25) is 9.59 Å². The molecule has 42 heavy (non-hydrogen) atoms. The van der Waals surface area contributed by atoms with Crippen LogP contribution in [0, 0.1) is 0 Å². The van der Waals surface area contributed by atoms with Crippen LogP contribution in [0.2, 0.25) is 0 Å². The lowest BCUT2D eigenvalue weighted by atomic mass is 10.1. The Hall–Kier alpha value is -5.17. The third kappa shape index (κ3) is 7.95. The van der Waals surface area contributed by atoms with E-state index in [1.165, 1.54) is 0 Å². The van der Waals surface area contributed by atoms with Crippen molar-refractivity contribution in [2.45, 2.75) is 31.8 Å². The Kier molecular flexibility index (Phi) is 9.42. The molecule has 0 unspecified atom stereocenters. The van der Waals surface area contributed by atoms with Crippen molar-refractivity contribution in [3.8, 4) is 0 Å². The van der Waals surface area contributed by atoms with Gasteiger partial charge in [-0.1, -0.05) is 97.1 Å². The summed E-state index contributed by atoms with van der Waals surface area (Å²) in [5.41, 5.74) is 5.36. The number of carbonyl (C=O) groups is 3. The van der Waals surface area contributed by atoms with E-state index in [1.807, 2.05) is 121 Å². The molecule has 7 nitrogen and oxygen atoms in total. The normalized spacial score (nSPS) is 14.5. The predicted octanol–water partition coefficient (Wildman–Crippen LogP) is 6.35. The van der Waals surface area contributed by atoms with E-state index in [-0.39, 0.29) is 17.8 Å². The summed E-state index contributed by atoms with van der Waals surface area (Å²) < 4.78 is 0. The molecule has 3 N–H and O–H groups in total. The average molecular weight is 559 g/mol. The van der Waals surface area contributed by atoms with E-state index >= 15 is 0 Å². The summed E-state index contributed by atoms with van der Waals surface area (Å²) in [4.78, 5) is 39.8. The summed E-state index contributed by atoms with van der Waals surface area (Å²) in [6.07, 6.45) is 5.76. The number of likely N-dealkylation sites (tertiary alicyclic amines) is 1. The van der Waals surface area contributed by atoms with Gasteiger partial charge in [0.05, 0.1) is 6.42 Å². The second-order valence-electron chi connectivity index (χ2n) is 10.3. The number of carbonyl (C=O) groups excluding carboxylic acids is 3. The molecule has 1 aliphatic heterocycles. The number of hydrogen-bond donors (Lipinski definition) is 3. The lowest BCUT2D eigenvalue weighted by Crippen LogP contribution is -2.43. The number of amides is 4. The molecular formula is C35H34N4O3. The SMILES string of the molecule is O=C(NCc1ccccc1)Nc1ccc(/C=C/c2ccc(NC(=O)[C@@H]3CCCN3C(=O)Cc3ccccc3)cc2)cc1. The molecule has 4 amide bonds. The third-order valence-electron chi connectivity index (χ3n) is 7.18. The van der Waals surface area contributed by atoms with Crippen LogP contribution >= 0.6 is 0 Å². The molecular weight excluding hydrogens is 524 g/mol. The molecule has 1 fully saturated rings. The standard InChI is InChI=1S/C35H34N4O3/c40-33(24-28-8-3-1-4-9-28)39-23-7-12-32(39)34(41)37-30-19-15-26(16-20-30)13-14-27-17-21-31(22-18-27)38-35(42)36-25-29-10-5-2-6-11-29/h1-6,8-11,13-22,32H,7,12,23-25H2,(H,37,41)(H2,36,38,42)/b14-13+/t32-/m0/s1. The molecule has 1 atom stereocenters. The first-order valence-corrected chi connectivity index (χ1v) is 14.1. The number of nitrogens with one attached hydrogen (secondary N) is 3. The van der Waals surface area contributed by atoms with Crippen LogP contribution in [0.15, 0.2) is 109 Å². The van der Waals surface area contributed by atoms with Crippen molar-refractivity contribution >= 4 is 41.4 Å². The van der Waals surface area contributed by atoms with Crippen molar-refractivity contribution in [1.29, 1.82) is 0 Å². The van der Waals surface area contributed by atoms with Gasteiger partial charge in [-0.05, 0) is 59.4 Å². The lowest BCUT2D eigenvalue weighted by Gasteiger charge is -2.24. The number of nitrogens with zero attached hydrogens (tertiary/aromatic N) is 1. The molecule has 0 bridgehead atoms. The first-order valence-electron chi connectivity index (χ1n) is 14.1. The Bertz CT molecular complexity index is 1520. The smallest absolute Gasteiger partial charge is 0.319 e. The zero-order valence-corrected chi connectivity index (χ0v) is 23.3. The van der Waals surface area contributed by atoms with Crippen LogP contribution in [0.5, 0.6) is 0 Å². The highest BCUT2D eigenvalue weighted by Crippen LogP contribution is 2.21. The number of benzene rings is 4. The Balaban J connectivity index is 1.09. The summed E-state index contributed by atoms with van der Waals surface area (Å²) in [5.74, 6) is -0.172. The van der Waals surface area contributed by atoms with Crippen molar-refractivity contribution in [3.05, 3.63) is 131 Å². The number of anilines is 2. The van der Waals surface area contributed by atoms with Gasteiger partial charge in [0, 0.05) is 24.5 Å². The fraction of sp³-hybridized carbons (Fsp3) is 0.171. The fourth-order valence-electron chi connectivity index (χ4n) is 4.94. The molecule has 1 saturated heterocycles. The average Bonchev–Trinajstić information content (AvgIpc) is 3.52. The van der Waals surface area contributed by atoms with E-state index in [4.69, 9.17) is 0 Å². The second-order valence-corrected chi connectivity index (χ2v) is 10.3. The highest BCUT2D eigenvalue weighted by Gasteiger charge is 2.33. The Labute approximate surface area is 246 Å². The maximum Gasteiger partial charge on any atom is 0.319 e. The minimum absolute atomic E-state index is 0.0190. The topological polar surface area (TPSA) is 90.5 Å². The molecule has 0 spiro atoms. The summed E-state index contributed by atoms with van der Waals surface area (Å²) in [6.45, 7) is 1.06. The van der Waals surface area contributed by atoms with E-state index in [2.05, 4.69) is 16.0 Å². The second kappa shape index (κ2) is 13.9. The van der Waals surface area contributed by atoms with Crippen LogP contribution in [0.1, 0.15) is 35.1 Å². The molecule has 212 valence electrons. The van der Waals surface area contributed by atoms with Gasteiger partial charge >= 0.3 is 6.03 Å². The summed E-state index contributed by atoms with van der Waals surface area (Å²) in [7, 11) is 0. The van der Waals surface area contributed by atoms with Gasteiger partial charge in [0.2, 0.25) is 11.8 Å². The molecule has 0 aliphatic carbocycles. The molecule has 7 heteroatoms. The van der Waals surface area contributed by atoms with Crippen LogP contribution in [0.25, 0.3) is 12.2 Å². The highest BCUT2D eigenvalue weighted by molar-refractivity contribution is 5.98. The lowest BCUT2D eigenvalue weighted by molar-refractivity contribution is -0.136. The molecule has 4 aromatic rings. The van der Waals surface area contributed by atoms with Crippen LogP contribution in [-0.2, 0) is 22.6 Å². The summed E-state index contributed by atoms with van der Waals surface area (Å²) in [5, 5.41) is 8.67.